The van der Waals surface area contributed by atoms with E-state index in [1.165, 1.54) is 0 Å². The number of hydrogen-bond acceptors (Lipinski definition) is 3. The van der Waals surface area contributed by atoms with E-state index in [1.807, 2.05) is 0 Å². The Morgan fingerprint density at radius 3 is 2.12 bits per heavy atom. The summed E-state index contributed by atoms with van der Waals surface area (Å²) in [5, 5.41) is 2.91. The van der Waals surface area contributed by atoms with Crippen molar-refractivity contribution in [3.05, 3.63) is 0 Å². The van der Waals surface area contributed by atoms with Crippen LogP contribution < -0.4 is 5.32 Å². The molecule has 0 saturated heterocycles. The molecule has 98 valence electrons. The molecule has 0 aromatic carbocycles. The molecule has 0 rings (SSSR count). The minimum atomic E-state index is -4.07. The second-order valence-corrected chi connectivity index (χ2v) is 6.07. The minimum Gasteiger partial charge on any atom is -0.317 e. The fourth-order valence-electron chi connectivity index (χ4n) is 1.16. The summed E-state index contributed by atoms with van der Waals surface area (Å²) in [5.41, 5.74) is 0. The van der Waals surface area contributed by atoms with Crippen molar-refractivity contribution in [2.24, 2.45) is 0 Å². The second kappa shape index (κ2) is 7.11. The van der Waals surface area contributed by atoms with Crippen LogP contribution in [0.2, 0.25) is 0 Å². The van der Waals surface area contributed by atoms with Gasteiger partial charge in [-0.05, 0) is 32.4 Å². The molecule has 0 aliphatic heterocycles. The molecule has 0 spiro atoms. The van der Waals surface area contributed by atoms with Gasteiger partial charge >= 0.3 is 6.18 Å². The second-order valence-electron chi connectivity index (χ2n) is 3.81. The number of unbranched alkanes of at least 4 members (excludes halogenated alkanes) is 1. The summed E-state index contributed by atoms with van der Waals surface area (Å²) in [6.07, 6.45) is -2.59. The molecule has 0 aliphatic rings. The first kappa shape index (κ1) is 15.7. The van der Waals surface area contributed by atoms with Gasteiger partial charge in [-0.1, -0.05) is 0 Å². The lowest BCUT2D eigenvalue weighted by atomic mass is 10.2. The van der Waals surface area contributed by atoms with Crippen LogP contribution in [-0.4, -0.2) is 39.7 Å². The van der Waals surface area contributed by atoms with Crippen molar-refractivity contribution in [3.63, 3.8) is 0 Å². The van der Waals surface area contributed by atoms with Crippen LogP contribution in [0.15, 0.2) is 0 Å². The van der Waals surface area contributed by atoms with E-state index in [9.17, 15) is 21.6 Å². The maximum Gasteiger partial charge on any atom is 0.389 e. The molecule has 0 unspecified atom stereocenters. The van der Waals surface area contributed by atoms with Crippen molar-refractivity contribution in [3.8, 4) is 0 Å². The molecule has 0 fully saturated rings. The molecular weight excluding hydrogens is 243 g/mol. The monoisotopic (exact) mass is 261 g/mol. The van der Waals surface area contributed by atoms with Gasteiger partial charge in [0.15, 0.2) is 0 Å². The van der Waals surface area contributed by atoms with Gasteiger partial charge in [-0.3, -0.25) is 0 Å². The molecule has 0 aromatic heterocycles. The Balaban J connectivity index is 3.23. The first-order chi connectivity index (χ1) is 7.21. The molecule has 0 atom stereocenters. The predicted molar refractivity (Wildman–Crippen MR) is 57.1 cm³/mol. The Morgan fingerprint density at radius 2 is 1.62 bits per heavy atom. The van der Waals surface area contributed by atoms with E-state index >= 15 is 0 Å². The van der Waals surface area contributed by atoms with Crippen LogP contribution >= 0.6 is 0 Å². The van der Waals surface area contributed by atoms with Crippen LogP contribution in [0.25, 0.3) is 0 Å². The number of alkyl halides is 3. The van der Waals surface area contributed by atoms with Gasteiger partial charge < -0.3 is 5.32 Å². The van der Waals surface area contributed by atoms with Crippen molar-refractivity contribution in [2.75, 3.05) is 25.1 Å². The van der Waals surface area contributed by atoms with Crippen molar-refractivity contribution in [1.82, 2.24) is 5.32 Å². The highest BCUT2D eigenvalue weighted by Crippen LogP contribution is 2.21. The summed E-state index contributed by atoms with van der Waals surface area (Å²) >= 11 is 0. The third kappa shape index (κ3) is 13.7. The zero-order valence-electron chi connectivity index (χ0n) is 9.31. The summed E-state index contributed by atoms with van der Waals surface area (Å²) in [6.45, 7) is 1.03. The lowest BCUT2D eigenvalue weighted by Gasteiger charge is -2.06. The number of rotatable bonds is 8. The quantitative estimate of drug-likeness (QED) is 0.677. The van der Waals surface area contributed by atoms with Crippen molar-refractivity contribution >= 4 is 9.84 Å². The van der Waals surface area contributed by atoms with E-state index in [4.69, 9.17) is 0 Å². The molecular formula is C9H18F3NO2S. The number of sulfone groups is 1. The Kier molecular flexibility index (Phi) is 6.98. The zero-order valence-corrected chi connectivity index (χ0v) is 10.1. The summed E-state index contributed by atoms with van der Waals surface area (Å²) < 4.78 is 56.6. The molecule has 0 amide bonds. The largest absolute Gasteiger partial charge is 0.389 e. The molecule has 0 aromatic rings. The molecule has 0 aliphatic carbocycles. The highest BCUT2D eigenvalue weighted by molar-refractivity contribution is 7.90. The van der Waals surface area contributed by atoms with Gasteiger partial charge in [0.05, 0.1) is 5.75 Å². The van der Waals surface area contributed by atoms with Crippen LogP contribution in [-0.2, 0) is 9.84 Å². The van der Waals surface area contributed by atoms with E-state index in [2.05, 4.69) is 5.32 Å². The van der Waals surface area contributed by atoms with Crippen molar-refractivity contribution in [2.45, 2.75) is 31.9 Å². The molecule has 0 bridgehead atoms. The van der Waals surface area contributed by atoms with Crippen LogP contribution in [0.1, 0.15) is 25.7 Å². The molecule has 0 saturated carbocycles. The van der Waals surface area contributed by atoms with Crippen LogP contribution in [0.4, 0.5) is 13.2 Å². The lowest BCUT2D eigenvalue weighted by Crippen LogP contribution is -2.19. The minimum absolute atomic E-state index is 0.114. The number of halogens is 3. The van der Waals surface area contributed by atoms with Crippen LogP contribution in [0.3, 0.4) is 0 Å². The van der Waals surface area contributed by atoms with Crippen LogP contribution in [0, 0.1) is 0 Å². The Morgan fingerprint density at radius 1 is 1.06 bits per heavy atom. The molecule has 7 heteroatoms. The SMILES string of the molecule is CS(=O)(=O)CCCNCCCCC(F)(F)F. The summed E-state index contributed by atoms with van der Waals surface area (Å²) in [7, 11) is -2.93. The van der Waals surface area contributed by atoms with Gasteiger partial charge in [0.1, 0.15) is 9.84 Å². The average molecular weight is 261 g/mol. The standard InChI is InChI=1S/C9H18F3NO2S/c1-16(14,15)8-4-7-13-6-3-2-5-9(10,11)12/h13H,2-8H2,1H3. The van der Waals surface area contributed by atoms with Gasteiger partial charge in [0.25, 0.3) is 0 Å². The third-order valence-corrected chi connectivity index (χ3v) is 2.96. The van der Waals surface area contributed by atoms with E-state index in [0.29, 0.717) is 25.9 Å². The smallest absolute Gasteiger partial charge is 0.317 e. The fraction of sp³-hybridized carbons (Fsp3) is 1.00. The predicted octanol–water partition coefficient (Wildman–Crippen LogP) is 1.74. The maximum atomic E-state index is 11.7. The lowest BCUT2D eigenvalue weighted by molar-refractivity contribution is -0.135. The van der Waals surface area contributed by atoms with Gasteiger partial charge in [-0.2, -0.15) is 13.2 Å². The van der Waals surface area contributed by atoms with Crippen molar-refractivity contribution in [1.29, 1.82) is 0 Å². The van der Waals surface area contributed by atoms with E-state index in [-0.39, 0.29) is 12.2 Å². The Hall–Kier alpha value is -0.300. The molecule has 3 nitrogen and oxygen atoms in total. The fourth-order valence-corrected chi connectivity index (χ4v) is 1.83. The Bertz CT molecular complexity index is 275. The molecule has 0 heterocycles. The summed E-state index contributed by atoms with van der Waals surface area (Å²) in [5.74, 6) is 0.114. The third-order valence-electron chi connectivity index (χ3n) is 1.93. The molecule has 1 N–H and O–H groups in total. The number of nitrogens with one attached hydrogen (secondary N) is 1. The number of hydrogen-bond donors (Lipinski definition) is 1. The highest BCUT2D eigenvalue weighted by Gasteiger charge is 2.25. The topological polar surface area (TPSA) is 46.2 Å². The first-order valence-corrected chi connectivity index (χ1v) is 7.22. The normalized spacial score (nSPS) is 13.0. The summed E-state index contributed by atoms with van der Waals surface area (Å²) in [4.78, 5) is 0. The van der Waals surface area contributed by atoms with Gasteiger partial charge in [0.2, 0.25) is 0 Å². The average Bonchev–Trinajstić information content (AvgIpc) is 2.06. The molecule has 16 heavy (non-hydrogen) atoms. The van der Waals surface area contributed by atoms with E-state index in [0.717, 1.165) is 6.26 Å². The van der Waals surface area contributed by atoms with E-state index in [1.54, 1.807) is 0 Å². The van der Waals surface area contributed by atoms with Gasteiger partial charge in [-0.15, -0.1) is 0 Å². The maximum absolute atomic E-state index is 11.7. The zero-order chi connectivity index (χ0) is 12.7. The van der Waals surface area contributed by atoms with Gasteiger partial charge in [0, 0.05) is 12.7 Å². The van der Waals surface area contributed by atoms with Gasteiger partial charge in [-0.25, -0.2) is 8.42 Å². The van der Waals surface area contributed by atoms with Crippen LogP contribution in [0.5, 0.6) is 0 Å². The first-order valence-electron chi connectivity index (χ1n) is 5.16. The highest BCUT2D eigenvalue weighted by atomic mass is 32.2. The molecule has 0 radical (unpaired) electrons. The Labute approximate surface area is 94.3 Å². The van der Waals surface area contributed by atoms with Crippen molar-refractivity contribution < 1.29 is 21.6 Å². The summed E-state index contributed by atoms with van der Waals surface area (Å²) in [6, 6.07) is 0. The van der Waals surface area contributed by atoms with E-state index < -0.39 is 22.4 Å².